The van der Waals surface area contributed by atoms with E-state index in [1.54, 1.807) is 12.1 Å². The second-order valence-electron chi connectivity index (χ2n) is 8.27. The van der Waals surface area contributed by atoms with Crippen molar-refractivity contribution in [3.8, 4) is 0 Å². The van der Waals surface area contributed by atoms with E-state index in [-0.39, 0.29) is 23.9 Å². The topological polar surface area (TPSA) is 66.5 Å². The molecule has 0 aliphatic heterocycles. The Kier molecular flexibility index (Phi) is 6.55. The minimum Gasteiger partial charge on any atom is -0.348 e. The van der Waals surface area contributed by atoms with Crippen LogP contribution in [0.1, 0.15) is 50.4 Å². The van der Waals surface area contributed by atoms with Gasteiger partial charge in [-0.2, -0.15) is 0 Å². The second kappa shape index (κ2) is 8.35. The normalized spacial score (nSPS) is 13.1. The Balaban J connectivity index is 2.11. The van der Waals surface area contributed by atoms with Gasteiger partial charge in [-0.05, 0) is 42.5 Å². The molecule has 0 saturated carbocycles. The molecule has 2 aromatic carbocycles. The van der Waals surface area contributed by atoms with Gasteiger partial charge in [-0.25, -0.2) is 8.42 Å². The number of rotatable bonds is 6. The zero-order valence-corrected chi connectivity index (χ0v) is 18.3. The number of benzene rings is 2. The van der Waals surface area contributed by atoms with Gasteiger partial charge in [-0.15, -0.1) is 0 Å². The Morgan fingerprint density at radius 3 is 2.04 bits per heavy atom. The van der Waals surface area contributed by atoms with E-state index in [9.17, 15) is 13.2 Å². The van der Waals surface area contributed by atoms with E-state index in [1.807, 2.05) is 38.1 Å². The largest absolute Gasteiger partial charge is 0.348 e. The fourth-order valence-electron chi connectivity index (χ4n) is 2.88. The van der Waals surface area contributed by atoms with Crippen molar-refractivity contribution >= 4 is 21.6 Å². The van der Waals surface area contributed by atoms with Crippen molar-refractivity contribution in [3.05, 3.63) is 65.2 Å². The highest BCUT2D eigenvalue weighted by molar-refractivity contribution is 7.92. The van der Waals surface area contributed by atoms with Gasteiger partial charge in [0.25, 0.3) is 0 Å². The number of sulfonamides is 1. The fourth-order valence-corrected chi connectivity index (χ4v) is 3.74. The highest BCUT2D eigenvalue weighted by Gasteiger charge is 2.22. The molecule has 152 valence electrons. The van der Waals surface area contributed by atoms with E-state index >= 15 is 0 Å². The predicted octanol–water partition coefficient (Wildman–Crippen LogP) is 3.94. The predicted molar refractivity (Wildman–Crippen MR) is 115 cm³/mol. The number of nitrogens with zero attached hydrogens (tertiary/aromatic N) is 1. The smallest absolute Gasteiger partial charge is 0.241 e. The molecule has 2 rings (SSSR count). The van der Waals surface area contributed by atoms with Gasteiger partial charge in [0.05, 0.1) is 18.0 Å². The third-order valence-corrected chi connectivity index (χ3v) is 5.80. The molecule has 5 nitrogen and oxygen atoms in total. The summed E-state index contributed by atoms with van der Waals surface area (Å²) in [5.41, 5.74) is 3.76. The van der Waals surface area contributed by atoms with E-state index < -0.39 is 10.0 Å². The molecule has 1 amide bonds. The molecular weight excluding hydrogens is 372 g/mol. The van der Waals surface area contributed by atoms with Crippen molar-refractivity contribution in [1.82, 2.24) is 5.32 Å². The molecule has 0 bridgehead atoms. The molecule has 0 aliphatic rings. The first-order chi connectivity index (χ1) is 12.9. The number of aryl methyl sites for hydroxylation is 1. The maximum absolute atomic E-state index is 12.5. The second-order valence-corrected chi connectivity index (χ2v) is 10.2. The summed E-state index contributed by atoms with van der Waals surface area (Å²) in [5.74, 6) is -0.349. The van der Waals surface area contributed by atoms with Crippen LogP contribution in [0.5, 0.6) is 0 Å². The summed E-state index contributed by atoms with van der Waals surface area (Å²) in [6.45, 7) is 10.0. The third-order valence-electron chi connectivity index (χ3n) is 4.66. The maximum Gasteiger partial charge on any atom is 0.241 e. The van der Waals surface area contributed by atoms with Crippen molar-refractivity contribution in [2.24, 2.45) is 0 Å². The summed E-state index contributed by atoms with van der Waals surface area (Å²) in [4.78, 5) is 12.5. The van der Waals surface area contributed by atoms with Gasteiger partial charge in [0.1, 0.15) is 6.54 Å². The van der Waals surface area contributed by atoms with Crippen LogP contribution in [0, 0.1) is 6.92 Å². The van der Waals surface area contributed by atoms with E-state index in [1.165, 1.54) is 5.56 Å². The average molecular weight is 403 g/mol. The summed E-state index contributed by atoms with van der Waals surface area (Å²) in [6, 6.07) is 15.0. The van der Waals surface area contributed by atoms with Gasteiger partial charge < -0.3 is 5.32 Å². The Morgan fingerprint density at radius 2 is 1.57 bits per heavy atom. The van der Waals surface area contributed by atoms with E-state index in [2.05, 4.69) is 38.2 Å². The van der Waals surface area contributed by atoms with Crippen LogP contribution < -0.4 is 9.62 Å². The highest BCUT2D eigenvalue weighted by atomic mass is 32.2. The van der Waals surface area contributed by atoms with E-state index in [4.69, 9.17) is 0 Å². The SMILES string of the molecule is Cc1ccc(N(CC(=O)N[C@H](C)c2ccc(C(C)(C)C)cc2)S(C)(=O)=O)cc1. The van der Waals surface area contributed by atoms with Crippen LogP contribution in [0.3, 0.4) is 0 Å². The Hall–Kier alpha value is -2.34. The van der Waals surface area contributed by atoms with Crippen molar-refractivity contribution in [2.75, 3.05) is 17.1 Å². The van der Waals surface area contributed by atoms with E-state index in [0.717, 1.165) is 21.7 Å². The first-order valence-electron chi connectivity index (χ1n) is 9.32. The lowest BCUT2D eigenvalue weighted by atomic mass is 9.86. The lowest BCUT2D eigenvalue weighted by molar-refractivity contribution is -0.120. The first kappa shape index (κ1) is 22.0. The molecule has 0 unspecified atom stereocenters. The van der Waals surface area contributed by atoms with Crippen LogP contribution in [-0.4, -0.2) is 27.1 Å². The minimum atomic E-state index is -3.58. The van der Waals surface area contributed by atoms with Crippen molar-refractivity contribution in [1.29, 1.82) is 0 Å². The van der Waals surface area contributed by atoms with Gasteiger partial charge in [-0.3, -0.25) is 9.10 Å². The van der Waals surface area contributed by atoms with Crippen LogP contribution in [-0.2, 0) is 20.2 Å². The van der Waals surface area contributed by atoms with Gasteiger partial charge >= 0.3 is 0 Å². The molecule has 0 spiro atoms. The van der Waals surface area contributed by atoms with Crippen molar-refractivity contribution < 1.29 is 13.2 Å². The maximum atomic E-state index is 12.5. The standard InChI is InChI=1S/C22H30N2O3S/c1-16-7-13-20(14-8-16)24(28(6,26)27)15-21(25)23-17(2)18-9-11-19(12-10-18)22(3,4)5/h7-14,17H,15H2,1-6H3,(H,23,25)/t17-/m1/s1. The van der Waals surface area contributed by atoms with Crippen molar-refractivity contribution in [2.45, 2.75) is 46.1 Å². The molecule has 2 aromatic rings. The number of hydrogen-bond donors (Lipinski definition) is 1. The van der Waals surface area contributed by atoms with E-state index in [0.29, 0.717) is 5.69 Å². The average Bonchev–Trinajstić information content (AvgIpc) is 2.59. The molecule has 0 aromatic heterocycles. The molecule has 1 N–H and O–H groups in total. The summed E-state index contributed by atoms with van der Waals surface area (Å²) in [7, 11) is -3.58. The molecule has 0 saturated heterocycles. The molecule has 28 heavy (non-hydrogen) atoms. The molecule has 0 radical (unpaired) electrons. The van der Waals surface area contributed by atoms with Gasteiger partial charge in [-0.1, -0.05) is 62.7 Å². The Bertz CT molecular complexity index is 912. The Labute approximate surface area is 168 Å². The molecule has 0 fully saturated rings. The third kappa shape index (κ3) is 5.83. The zero-order chi connectivity index (χ0) is 21.1. The summed E-state index contributed by atoms with van der Waals surface area (Å²) >= 11 is 0. The molecule has 0 heterocycles. The van der Waals surface area contributed by atoms with Gasteiger partial charge in [0.2, 0.25) is 15.9 Å². The zero-order valence-electron chi connectivity index (χ0n) is 17.5. The quantitative estimate of drug-likeness (QED) is 0.796. The number of anilines is 1. The lowest BCUT2D eigenvalue weighted by Gasteiger charge is -2.24. The molecular formula is C22H30N2O3S. The lowest BCUT2D eigenvalue weighted by Crippen LogP contribution is -2.41. The van der Waals surface area contributed by atoms with Gasteiger partial charge in [0, 0.05) is 0 Å². The van der Waals surface area contributed by atoms with Crippen LogP contribution in [0.15, 0.2) is 48.5 Å². The molecule has 1 atom stereocenters. The van der Waals surface area contributed by atoms with Crippen LogP contribution in [0.25, 0.3) is 0 Å². The number of amides is 1. The first-order valence-corrected chi connectivity index (χ1v) is 11.2. The summed E-state index contributed by atoms with van der Waals surface area (Å²) in [6.07, 6.45) is 1.11. The summed E-state index contributed by atoms with van der Waals surface area (Å²) in [5, 5.41) is 2.89. The highest BCUT2D eigenvalue weighted by Crippen LogP contribution is 2.24. The van der Waals surface area contributed by atoms with Crippen LogP contribution in [0.4, 0.5) is 5.69 Å². The summed E-state index contributed by atoms with van der Waals surface area (Å²) < 4.78 is 25.5. The monoisotopic (exact) mass is 402 g/mol. The van der Waals surface area contributed by atoms with Crippen LogP contribution >= 0.6 is 0 Å². The fraction of sp³-hybridized carbons (Fsp3) is 0.409. The number of carbonyl (C=O) groups excluding carboxylic acids is 1. The molecule has 0 aliphatic carbocycles. The Morgan fingerprint density at radius 1 is 1.04 bits per heavy atom. The van der Waals surface area contributed by atoms with Gasteiger partial charge in [0.15, 0.2) is 0 Å². The number of nitrogens with one attached hydrogen (secondary N) is 1. The minimum absolute atomic E-state index is 0.0645. The van der Waals surface area contributed by atoms with Crippen molar-refractivity contribution in [3.63, 3.8) is 0 Å². The van der Waals surface area contributed by atoms with Crippen LogP contribution in [0.2, 0.25) is 0 Å². The number of carbonyl (C=O) groups is 1. The number of hydrogen-bond acceptors (Lipinski definition) is 3. The molecule has 6 heteroatoms.